The van der Waals surface area contributed by atoms with Crippen LogP contribution in [0.5, 0.6) is 5.75 Å². The first kappa shape index (κ1) is 15.5. The van der Waals surface area contributed by atoms with Gasteiger partial charge in [-0.25, -0.2) is 0 Å². The molecule has 0 amide bonds. The summed E-state index contributed by atoms with van der Waals surface area (Å²) in [6.45, 7) is 5.73. The maximum absolute atomic E-state index is 9.03. The maximum atomic E-state index is 9.03. The van der Waals surface area contributed by atoms with E-state index in [4.69, 9.17) is 9.84 Å². The van der Waals surface area contributed by atoms with Crippen LogP contribution in [0.3, 0.4) is 0 Å². The first-order valence-corrected chi connectivity index (χ1v) is 7.37. The van der Waals surface area contributed by atoms with Gasteiger partial charge in [0.15, 0.2) is 0 Å². The number of aliphatic hydroxyl groups excluding tert-OH is 1. The second-order valence-electron chi connectivity index (χ2n) is 5.08. The van der Waals surface area contributed by atoms with Gasteiger partial charge in [0, 0.05) is 12.6 Å². The zero-order valence-corrected chi connectivity index (χ0v) is 12.7. The lowest BCUT2D eigenvalue weighted by molar-refractivity contribution is 0.282. The van der Waals surface area contributed by atoms with Crippen molar-refractivity contribution in [1.29, 1.82) is 0 Å². The van der Waals surface area contributed by atoms with Crippen LogP contribution in [-0.2, 0) is 13.2 Å². The van der Waals surface area contributed by atoms with Gasteiger partial charge in [-0.05, 0) is 42.7 Å². The number of nitrogens with one attached hydrogen (secondary N) is 1. The number of hydrogen-bond acceptors (Lipinski definition) is 3. The summed E-state index contributed by atoms with van der Waals surface area (Å²) in [5.74, 6) is 0.910. The van der Waals surface area contributed by atoms with Gasteiger partial charge >= 0.3 is 0 Å². The van der Waals surface area contributed by atoms with Gasteiger partial charge < -0.3 is 15.2 Å². The minimum Gasteiger partial charge on any atom is -0.494 e. The van der Waals surface area contributed by atoms with Crippen molar-refractivity contribution in [2.75, 3.05) is 6.61 Å². The van der Waals surface area contributed by atoms with Gasteiger partial charge in [0.1, 0.15) is 5.75 Å². The molecule has 1 atom stereocenters. The Bertz CT molecular complexity index is 534. The molecule has 0 aliphatic carbocycles. The summed E-state index contributed by atoms with van der Waals surface area (Å²) < 4.78 is 5.45. The molecule has 0 heterocycles. The van der Waals surface area contributed by atoms with Crippen LogP contribution in [0.2, 0.25) is 0 Å². The molecule has 2 aromatic carbocycles. The highest BCUT2D eigenvalue weighted by Crippen LogP contribution is 2.18. The highest BCUT2D eigenvalue weighted by molar-refractivity contribution is 5.29. The third kappa shape index (κ3) is 4.59. The molecule has 0 aliphatic rings. The van der Waals surface area contributed by atoms with Crippen molar-refractivity contribution in [3.8, 4) is 5.75 Å². The van der Waals surface area contributed by atoms with Gasteiger partial charge in [0.25, 0.3) is 0 Å². The summed E-state index contributed by atoms with van der Waals surface area (Å²) in [4.78, 5) is 0. The molecule has 0 bridgehead atoms. The number of rotatable bonds is 7. The molecule has 0 aliphatic heterocycles. The summed E-state index contributed by atoms with van der Waals surface area (Å²) in [7, 11) is 0. The van der Waals surface area contributed by atoms with E-state index >= 15 is 0 Å². The van der Waals surface area contributed by atoms with Gasteiger partial charge in [0.2, 0.25) is 0 Å². The molecule has 21 heavy (non-hydrogen) atoms. The highest BCUT2D eigenvalue weighted by atomic mass is 16.5. The van der Waals surface area contributed by atoms with E-state index in [0.29, 0.717) is 6.61 Å². The molecule has 0 radical (unpaired) electrons. The lowest BCUT2D eigenvalue weighted by Crippen LogP contribution is -2.18. The zero-order chi connectivity index (χ0) is 15.1. The summed E-state index contributed by atoms with van der Waals surface area (Å²) in [5.41, 5.74) is 3.40. The van der Waals surface area contributed by atoms with Gasteiger partial charge in [0.05, 0.1) is 13.2 Å². The Balaban J connectivity index is 1.89. The Kier molecular flexibility index (Phi) is 5.78. The standard InChI is InChI=1S/C18H23NO2/c1-3-21-18-10-8-17(9-11-18)14(2)19-12-15-4-6-16(13-20)7-5-15/h4-11,14,19-20H,3,12-13H2,1-2H3. The monoisotopic (exact) mass is 285 g/mol. The largest absolute Gasteiger partial charge is 0.494 e. The van der Waals surface area contributed by atoms with E-state index in [-0.39, 0.29) is 12.6 Å². The van der Waals surface area contributed by atoms with E-state index in [2.05, 4.69) is 24.4 Å². The fourth-order valence-electron chi connectivity index (χ4n) is 2.17. The minimum absolute atomic E-state index is 0.0935. The molecule has 0 saturated heterocycles. The van der Waals surface area contributed by atoms with Gasteiger partial charge in [-0.15, -0.1) is 0 Å². The quantitative estimate of drug-likeness (QED) is 0.819. The molecule has 1 unspecified atom stereocenters. The molecular weight excluding hydrogens is 262 g/mol. The minimum atomic E-state index is 0.0935. The molecule has 3 heteroatoms. The second-order valence-corrected chi connectivity index (χ2v) is 5.08. The third-order valence-corrected chi connectivity index (χ3v) is 3.51. The number of ether oxygens (including phenoxy) is 1. The SMILES string of the molecule is CCOc1ccc(C(C)NCc2ccc(CO)cc2)cc1. The molecule has 3 nitrogen and oxygen atoms in total. The molecule has 2 N–H and O–H groups in total. The summed E-state index contributed by atoms with van der Waals surface area (Å²) in [6.07, 6.45) is 0. The third-order valence-electron chi connectivity index (χ3n) is 3.51. The summed E-state index contributed by atoms with van der Waals surface area (Å²) in [6, 6.07) is 16.5. The normalized spacial score (nSPS) is 12.1. The van der Waals surface area contributed by atoms with E-state index in [1.807, 2.05) is 43.3 Å². The van der Waals surface area contributed by atoms with Crippen molar-refractivity contribution < 1.29 is 9.84 Å². The molecule has 0 saturated carbocycles. The summed E-state index contributed by atoms with van der Waals surface area (Å²) in [5, 5.41) is 12.5. The second kappa shape index (κ2) is 7.81. The molecule has 112 valence electrons. The first-order chi connectivity index (χ1) is 10.2. The highest BCUT2D eigenvalue weighted by Gasteiger charge is 2.05. The lowest BCUT2D eigenvalue weighted by Gasteiger charge is -2.15. The molecule has 0 aromatic heterocycles. The van der Waals surface area contributed by atoms with E-state index in [1.165, 1.54) is 11.1 Å². The van der Waals surface area contributed by atoms with Crippen molar-refractivity contribution in [1.82, 2.24) is 5.32 Å². The van der Waals surface area contributed by atoms with Gasteiger partial charge in [-0.2, -0.15) is 0 Å². The van der Waals surface area contributed by atoms with Crippen LogP contribution in [0.4, 0.5) is 0 Å². The van der Waals surface area contributed by atoms with Crippen molar-refractivity contribution in [2.45, 2.75) is 33.0 Å². The van der Waals surface area contributed by atoms with Crippen LogP contribution in [0, 0.1) is 0 Å². The molecule has 2 rings (SSSR count). The van der Waals surface area contributed by atoms with Crippen molar-refractivity contribution in [2.24, 2.45) is 0 Å². The van der Waals surface area contributed by atoms with E-state index in [0.717, 1.165) is 17.9 Å². The zero-order valence-electron chi connectivity index (χ0n) is 12.7. The van der Waals surface area contributed by atoms with Crippen molar-refractivity contribution in [3.63, 3.8) is 0 Å². The fourth-order valence-corrected chi connectivity index (χ4v) is 2.17. The summed E-state index contributed by atoms with van der Waals surface area (Å²) >= 11 is 0. The van der Waals surface area contributed by atoms with E-state index in [1.54, 1.807) is 0 Å². The predicted molar refractivity (Wildman–Crippen MR) is 85.2 cm³/mol. The Morgan fingerprint density at radius 3 is 2.19 bits per heavy atom. The van der Waals surface area contributed by atoms with Crippen LogP contribution >= 0.6 is 0 Å². The van der Waals surface area contributed by atoms with Gasteiger partial charge in [-0.1, -0.05) is 36.4 Å². The van der Waals surface area contributed by atoms with Crippen molar-refractivity contribution >= 4 is 0 Å². The molecule has 2 aromatic rings. The van der Waals surface area contributed by atoms with Crippen LogP contribution in [-0.4, -0.2) is 11.7 Å². The number of benzene rings is 2. The lowest BCUT2D eigenvalue weighted by atomic mass is 10.1. The molecule has 0 fully saturated rings. The van der Waals surface area contributed by atoms with Crippen LogP contribution in [0.1, 0.15) is 36.6 Å². The molecular formula is C18H23NO2. The first-order valence-electron chi connectivity index (χ1n) is 7.37. The van der Waals surface area contributed by atoms with Gasteiger partial charge in [-0.3, -0.25) is 0 Å². The topological polar surface area (TPSA) is 41.5 Å². The predicted octanol–water partition coefficient (Wildman–Crippen LogP) is 3.43. The average molecular weight is 285 g/mol. The Morgan fingerprint density at radius 1 is 1.00 bits per heavy atom. The Morgan fingerprint density at radius 2 is 1.62 bits per heavy atom. The number of hydrogen-bond donors (Lipinski definition) is 2. The van der Waals surface area contributed by atoms with E-state index in [9.17, 15) is 0 Å². The van der Waals surface area contributed by atoms with Crippen LogP contribution in [0.15, 0.2) is 48.5 Å². The smallest absolute Gasteiger partial charge is 0.119 e. The van der Waals surface area contributed by atoms with Crippen LogP contribution < -0.4 is 10.1 Å². The van der Waals surface area contributed by atoms with Crippen molar-refractivity contribution in [3.05, 3.63) is 65.2 Å². The number of aliphatic hydroxyl groups is 1. The molecule has 0 spiro atoms. The Hall–Kier alpha value is -1.84. The van der Waals surface area contributed by atoms with Crippen LogP contribution in [0.25, 0.3) is 0 Å². The van der Waals surface area contributed by atoms with E-state index < -0.39 is 0 Å². The maximum Gasteiger partial charge on any atom is 0.119 e. The average Bonchev–Trinajstić information content (AvgIpc) is 2.54. The fraction of sp³-hybridized carbons (Fsp3) is 0.333. The Labute approximate surface area is 126 Å².